The van der Waals surface area contributed by atoms with Crippen LogP contribution < -0.4 is 4.74 Å². The summed E-state index contributed by atoms with van der Waals surface area (Å²) in [6, 6.07) is 8.78. The van der Waals surface area contributed by atoms with Crippen molar-refractivity contribution in [2.24, 2.45) is 0 Å². The van der Waals surface area contributed by atoms with E-state index < -0.39 is 23.9 Å². The van der Waals surface area contributed by atoms with Crippen LogP contribution in [-0.4, -0.2) is 18.9 Å². The minimum atomic E-state index is -4.86. The Morgan fingerprint density at radius 3 is 2.48 bits per heavy atom. The number of carbonyl (C=O) groups is 1. The molecule has 0 unspecified atom stereocenters. The molecule has 0 fully saturated rings. The van der Waals surface area contributed by atoms with E-state index in [0.29, 0.717) is 0 Å². The van der Waals surface area contributed by atoms with Gasteiger partial charge in [-0.1, -0.05) is 24.3 Å². The zero-order valence-corrected chi connectivity index (χ0v) is 12.0. The Morgan fingerprint density at radius 1 is 1.13 bits per heavy atom. The quantitative estimate of drug-likeness (QED) is 0.609. The summed E-state index contributed by atoms with van der Waals surface area (Å²) >= 11 is 0. The number of benzene rings is 2. The lowest BCUT2D eigenvalue weighted by Crippen LogP contribution is -2.17. The number of esters is 1. The molecule has 2 aromatic rings. The number of halogens is 4. The van der Waals surface area contributed by atoms with Crippen LogP contribution in [0, 0.1) is 5.82 Å². The summed E-state index contributed by atoms with van der Waals surface area (Å²) in [6.07, 6.45) is -4.86. The first kappa shape index (κ1) is 16.8. The van der Waals surface area contributed by atoms with Gasteiger partial charge in [-0.25, -0.2) is 9.18 Å². The van der Waals surface area contributed by atoms with Gasteiger partial charge in [-0.3, -0.25) is 0 Å². The fourth-order valence-corrected chi connectivity index (χ4v) is 1.98. The van der Waals surface area contributed by atoms with E-state index in [4.69, 9.17) is 4.74 Å². The van der Waals surface area contributed by atoms with Crippen molar-refractivity contribution in [2.45, 2.75) is 13.3 Å². The molecule has 0 atom stereocenters. The fraction of sp³-hybridized carbons (Fsp3) is 0.188. The molecule has 0 spiro atoms. The van der Waals surface area contributed by atoms with E-state index >= 15 is 0 Å². The highest BCUT2D eigenvalue weighted by atomic mass is 19.4. The maximum absolute atomic E-state index is 13.7. The van der Waals surface area contributed by atoms with Crippen LogP contribution in [0.5, 0.6) is 5.75 Å². The second kappa shape index (κ2) is 6.68. The van der Waals surface area contributed by atoms with Gasteiger partial charge in [0.15, 0.2) is 0 Å². The summed E-state index contributed by atoms with van der Waals surface area (Å²) in [4.78, 5) is 11.7. The molecule has 0 aliphatic heterocycles. The van der Waals surface area contributed by atoms with Crippen molar-refractivity contribution in [3.05, 3.63) is 53.8 Å². The summed E-state index contributed by atoms with van der Waals surface area (Å²) in [7, 11) is 0. The first-order valence-corrected chi connectivity index (χ1v) is 6.63. The monoisotopic (exact) mass is 328 g/mol. The molecule has 0 aliphatic rings. The van der Waals surface area contributed by atoms with E-state index in [1.54, 1.807) is 6.92 Å². The van der Waals surface area contributed by atoms with Crippen molar-refractivity contribution in [1.82, 2.24) is 0 Å². The predicted octanol–water partition coefficient (Wildman–Crippen LogP) is 4.57. The molecule has 3 nitrogen and oxygen atoms in total. The second-order valence-corrected chi connectivity index (χ2v) is 4.46. The van der Waals surface area contributed by atoms with Crippen LogP contribution in [0.3, 0.4) is 0 Å². The van der Waals surface area contributed by atoms with Crippen molar-refractivity contribution in [3.8, 4) is 16.9 Å². The van der Waals surface area contributed by atoms with Gasteiger partial charge in [0.1, 0.15) is 11.6 Å². The molecule has 0 aliphatic carbocycles. The van der Waals surface area contributed by atoms with Gasteiger partial charge in [-0.2, -0.15) is 0 Å². The number of rotatable bonds is 4. The average molecular weight is 328 g/mol. The van der Waals surface area contributed by atoms with Crippen molar-refractivity contribution >= 4 is 5.97 Å². The summed E-state index contributed by atoms with van der Waals surface area (Å²) in [5.41, 5.74) is -0.0733. The van der Waals surface area contributed by atoms with Crippen molar-refractivity contribution in [3.63, 3.8) is 0 Å². The van der Waals surface area contributed by atoms with E-state index in [1.807, 2.05) is 0 Å². The Bertz CT molecular complexity index is 711. The number of carbonyl (C=O) groups excluding carboxylic acids is 1. The number of hydrogen-bond donors (Lipinski definition) is 0. The molecule has 0 radical (unpaired) electrons. The topological polar surface area (TPSA) is 35.5 Å². The zero-order valence-electron chi connectivity index (χ0n) is 12.0. The highest BCUT2D eigenvalue weighted by molar-refractivity contribution is 5.91. The molecule has 0 N–H and O–H groups in total. The van der Waals surface area contributed by atoms with E-state index in [0.717, 1.165) is 18.2 Å². The highest BCUT2D eigenvalue weighted by Gasteiger charge is 2.32. The number of para-hydroxylation sites is 1. The molecule has 0 heterocycles. The lowest BCUT2D eigenvalue weighted by Gasteiger charge is -2.14. The van der Waals surface area contributed by atoms with Crippen LogP contribution in [0.2, 0.25) is 0 Å². The first-order valence-electron chi connectivity index (χ1n) is 6.63. The molecule has 0 amide bonds. The van der Waals surface area contributed by atoms with Crippen LogP contribution in [0.1, 0.15) is 17.3 Å². The van der Waals surface area contributed by atoms with Gasteiger partial charge in [0.05, 0.1) is 12.2 Å². The van der Waals surface area contributed by atoms with Gasteiger partial charge >= 0.3 is 12.3 Å². The third-order valence-corrected chi connectivity index (χ3v) is 2.89. The molecular weight excluding hydrogens is 316 g/mol. The third kappa shape index (κ3) is 4.21. The Hall–Kier alpha value is -2.57. The lowest BCUT2D eigenvalue weighted by molar-refractivity contribution is -0.274. The summed E-state index contributed by atoms with van der Waals surface area (Å²) in [6.45, 7) is 1.61. The summed E-state index contributed by atoms with van der Waals surface area (Å²) in [5.74, 6) is -2.15. The lowest BCUT2D eigenvalue weighted by atomic mass is 10.0. The molecule has 0 aromatic heterocycles. The van der Waals surface area contributed by atoms with Crippen molar-refractivity contribution in [1.29, 1.82) is 0 Å². The minimum Gasteiger partial charge on any atom is -0.462 e. The van der Waals surface area contributed by atoms with Crippen LogP contribution in [0.15, 0.2) is 42.5 Å². The van der Waals surface area contributed by atoms with Crippen LogP contribution >= 0.6 is 0 Å². The Kier molecular flexibility index (Phi) is 4.88. The van der Waals surface area contributed by atoms with E-state index in [2.05, 4.69) is 4.74 Å². The molecule has 0 saturated carbocycles. The fourth-order valence-electron chi connectivity index (χ4n) is 1.98. The van der Waals surface area contributed by atoms with Crippen LogP contribution in [-0.2, 0) is 4.74 Å². The van der Waals surface area contributed by atoms with Crippen molar-refractivity contribution in [2.75, 3.05) is 6.61 Å². The maximum atomic E-state index is 13.7. The maximum Gasteiger partial charge on any atom is 0.573 e. The van der Waals surface area contributed by atoms with E-state index in [-0.39, 0.29) is 23.3 Å². The zero-order chi connectivity index (χ0) is 17.0. The molecule has 0 bridgehead atoms. The predicted molar refractivity (Wildman–Crippen MR) is 74.5 cm³/mol. The third-order valence-electron chi connectivity index (χ3n) is 2.89. The number of alkyl halides is 3. The molecule has 2 rings (SSSR count). The Balaban J connectivity index is 2.47. The molecular formula is C16H12F4O3. The van der Waals surface area contributed by atoms with E-state index in [1.165, 1.54) is 24.3 Å². The van der Waals surface area contributed by atoms with Crippen molar-refractivity contribution < 1.29 is 31.8 Å². The Morgan fingerprint density at radius 2 is 1.83 bits per heavy atom. The van der Waals surface area contributed by atoms with Gasteiger partial charge in [0, 0.05) is 5.56 Å². The smallest absolute Gasteiger partial charge is 0.462 e. The number of hydrogen-bond acceptors (Lipinski definition) is 3. The second-order valence-electron chi connectivity index (χ2n) is 4.46. The standard InChI is InChI=1S/C16H12F4O3/c1-2-22-15(21)12-9-10(7-8-13(12)17)11-5-3-4-6-14(11)23-16(18,19)20/h3-9H,2H2,1H3. The van der Waals surface area contributed by atoms with Crippen LogP contribution in [0.4, 0.5) is 17.6 Å². The molecule has 7 heteroatoms. The minimum absolute atomic E-state index is 0.0519. The largest absolute Gasteiger partial charge is 0.573 e. The van der Waals surface area contributed by atoms with Gasteiger partial charge in [0.2, 0.25) is 0 Å². The number of ether oxygens (including phenoxy) is 2. The first-order chi connectivity index (χ1) is 10.8. The van der Waals surface area contributed by atoms with Gasteiger partial charge < -0.3 is 9.47 Å². The van der Waals surface area contributed by atoms with Crippen LogP contribution in [0.25, 0.3) is 11.1 Å². The molecule has 0 saturated heterocycles. The highest BCUT2D eigenvalue weighted by Crippen LogP contribution is 2.34. The molecule has 122 valence electrons. The van der Waals surface area contributed by atoms with E-state index in [9.17, 15) is 22.4 Å². The summed E-state index contributed by atoms with van der Waals surface area (Å²) < 4.78 is 59.8. The van der Waals surface area contributed by atoms with Gasteiger partial charge in [-0.05, 0) is 30.7 Å². The average Bonchev–Trinajstić information content (AvgIpc) is 2.47. The normalized spacial score (nSPS) is 11.2. The van der Waals surface area contributed by atoms with Gasteiger partial charge in [-0.15, -0.1) is 13.2 Å². The molecule has 23 heavy (non-hydrogen) atoms. The van der Waals surface area contributed by atoms with Gasteiger partial charge in [0.25, 0.3) is 0 Å². The SMILES string of the molecule is CCOC(=O)c1cc(-c2ccccc2OC(F)(F)F)ccc1F. The Labute approximate surface area is 129 Å². The molecule has 2 aromatic carbocycles. The summed E-state index contributed by atoms with van der Waals surface area (Å²) in [5, 5.41) is 0.